The van der Waals surface area contributed by atoms with Crippen LogP contribution in [0.2, 0.25) is 5.02 Å². The zero-order chi connectivity index (χ0) is 11.7. The first-order chi connectivity index (χ1) is 7.58. The van der Waals surface area contributed by atoms with Gasteiger partial charge in [-0.2, -0.15) is 5.10 Å². The van der Waals surface area contributed by atoms with Crippen molar-refractivity contribution >= 4 is 11.6 Å². The Bertz CT molecular complexity index is 507. The van der Waals surface area contributed by atoms with Gasteiger partial charge >= 0.3 is 0 Å². The number of aliphatic hydroxyl groups excluding tert-OH is 1. The lowest BCUT2D eigenvalue weighted by atomic mass is 10.0. The molecule has 0 fully saturated rings. The van der Waals surface area contributed by atoms with E-state index in [-0.39, 0.29) is 0 Å². The van der Waals surface area contributed by atoms with Gasteiger partial charge in [0.15, 0.2) is 0 Å². The van der Waals surface area contributed by atoms with E-state index < -0.39 is 6.10 Å². The minimum atomic E-state index is -0.674. The first kappa shape index (κ1) is 11.2. The summed E-state index contributed by atoms with van der Waals surface area (Å²) in [5.41, 5.74) is 2.42. The average molecular weight is 237 g/mol. The molecule has 2 aromatic rings. The quantitative estimate of drug-likeness (QED) is 0.870. The molecular weight excluding hydrogens is 224 g/mol. The van der Waals surface area contributed by atoms with Crippen LogP contribution in [0, 0.1) is 6.92 Å². The molecule has 4 heteroatoms. The molecule has 0 saturated carbocycles. The Kier molecular flexibility index (Phi) is 2.99. The van der Waals surface area contributed by atoms with Gasteiger partial charge in [-0.3, -0.25) is 4.68 Å². The summed E-state index contributed by atoms with van der Waals surface area (Å²) in [4.78, 5) is 0. The third-order valence-electron chi connectivity index (χ3n) is 2.51. The second kappa shape index (κ2) is 4.28. The third-order valence-corrected chi connectivity index (χ3v) is 2.75. The first-order valence-electron chi connectivity index (χ1n) is 5.01. The SMILES string of the molecule is Cc1nn(C)cc1C(O)c1cccc(Cl)c1. The van der Waals surface area contributed by atoms with Gasteiger partial charge in [0.05, 0.1) is 5.69 Å². The maximum absolute atomic E-state index is 10.2. The van der Waals surface area contributed by atoms with E-state index in [1.807, 2.05) is 32.3 Å². The molecule has 1 N–H and O–H groups in total. The zero-order valence-electron chi connectivity index (χ0n) is 9.18. The van der Waals surface area contributed by atoms with Gasteiger partial charge in [-0.15, -0.1) is 0 Å². The van der Waals surface area contributed by atoms with Crippen molar-refractivity contribution in [2.24, 2.45) is 7.05 Å². The highest BCUT2D eigenvalue weighted by molar-refractivity contribution is 6.30. The van der Waals surface area contributed by atoms with Gasteiger partial charge in [0, 0.05) is 23.8 Å². The Morgan fingerprint density at radius 2 is 2.19 bits per heavy atom. The van der Waals surface area contributed by atoms with Crippen molar-refractivity contribution in [3.63, 3.8) is 0 Å². The molecule has 1 atom stereocenters. The fourth-order valence-corrected chi connectivity index (χ4v) is 1.94. The second-order valence-electron chi connectivity index (χ2n) is 3.80. The van der Waals surface area contributed by atoms with Crippen molar-refractivity contribution in [3.8, 4) is 0 Å². The van der Waals surface area contributed by atoms with Crippen molar-refractivity contribution in [1.82, 2.24) is 9.78 Å². The van der Waals surface area contributed by atoms with Crippen molar-refractivity contribution < 1.29 is 5.11 Å². The molecule has 0 aliphatic heterocycles. The Balaban J connectivity index is 2.38. The minimum absolute atomic E-state index is 0.623. The monoisotopic (exact) mass is 236 g/mol. The van der Waals surface area contributed by atoms with Crippen LogP contribution < -0.4 is 0 Å². The van der Waals surface area contributed by atoms with E-state index in [4.69, 9.17) is 11.6 Å². The lowest BCUT2D eigenvalue weighted by Crippen LogP contribution is -1.99. The summed E-state index contributed by atoms with van der Waals surface area (Å²) in [7, 11) is 1.83. The molecule has 84 valence electrons. The molecule has 1 heterocycles. The fourth-order valence-electron chi connectivity index (χ4n) is 1.74. The lowest BCUT2D eigenvalue weighted by molar-refractivity contribution is 0.219. The number of hydrogen-bond acceptors (Lipinski definition) is 2. The molecule has 0 spiro atoms. The van der Waals surface area contributed by atoms with Crippen LogP contribution >= 0.6 is 11.6 Å². The smallest absolute Gasteiger partial charge is 0.107 e. The van der Waals surface area contributed by atoms with Crippen LogP contribution in [0.3, 0.4) is 0 Å². The maximum atomic E-state index is 10.2. The molecular formula is C12H13ClN2O. The molecule has 0 aliphatic rings. The van der Waals surface area contributed by atoms with Crippen LogP contribution in [0.4, 0.5) is 0 Å². The van der Waals surface area contributed by atoms with Gasteiger partial charge in [-0.1, -0.05) is 23.7 Å². The number of hydrogen-bond donors (Lipinski definition) is 1. The Morgan fingerprint density at radius 3 is 2.75 bits per heavy atom. The number of aromatic nitrogens is 2. The van der Waals surface area contributed by atoms with Crippen LogP contribution in [-0.2, 0) is 7.05 Å². The summed E-state index contributed by atoms with van der Waals surface area (Å²) in [6.45, 7) is 1.88. The average Bonchev–Trinajstić information content (AvgIpc) is 2.57. The predicted molar refractivity (Wildman–Crippen MR) is 63.5 cm³/mol. The van der Waals surface area contributed by atoms with Gasteiger partial charge < -0.3 is 5.11 Å². The summed E-state index contributed by atoms with van der Waals surface area (Å²) in [5.74, 6) is 0. The van der Waals surface area contributed by atoms with Crippen LogP contribution in [0.15, 0.2) is 30.5 Å². The highest BCUT2D eigenvalue weighted by Gasteiger charge is 2.15. The lowest BCUT2D eigenvalue weighted by Gasteiger charge is -2.10. The Labute approximate surface area is 99.3 Å². The number of aryl methyl sites for hydroxylation is 2. The Hall–Kier alpha value is -1.32. The molecule has 0 amide bonds. The van der Waals surface area contributed by atoms with Crippen molar-refractivity contribution in [2.45, 2.75) is 13.0 Å². The molecule has 1 aromatic carbocycles. The highest BCUT2D eigenvalue weighted by Crippen LogP contribution is 2.25. The van der Waals surface area contributed by atoms with Crippen LogP contribution in [0.25, 0.3) is 0 Å². The van der Waals surface area contributed by atoms with Gasteiger partial charge in [-0.05, 0) is 24.6 Å². The molecule has 0 bridgehead atoms. The van der Waals surface area contributed by atoms with E-state index in [9.17, 15) is 5.11 Å². The number of rotatable bonds is 2. The highest BCUT2D eigenvalue weighted by atomic mass is 35.5. The maximum Gasteiger partial charge on any atom is 0.107 e. The second-order valence-corrected chi connectivity index (χ2v) is 4.24. The number of aliphatic hydroxyl groups is 1. The van der Waals surface area contributed by atoms with E-state index in [1.54, 1.807) is 16.8 Å². The van der Waals surface area contributed by atoms with E-state index >= 15 is 0 Å². The Morgan fingerprint density at radius 1 is 1.44 bits per heavy atom. The van der Waals surface area contributed by atoms with Crippen LogP contribution in [0.5, 0.6) is 0 Å². The van der Waals surface area contributed by atoms with Gasteiger partial charge in [-0.25, -0.2) is 0 Å². The summed E-state index contributed by atoms with van der Waals surface area (Å²) >= 11 is 5.89. The van der Waals surface area contributed by atoms with Crippen molar-refractivity contribution in [3.05, 3.63) is 52.3 Å². The topological polar surface area (TPSA) is 38.0 Å². The predicted octanol–water partition coefficient (Wildman–Crippen LogP) is 2.46. The van der Waals surface area contributed by atoms with Crippen molar-refractivity contribution in [2.75, 3.05) is 0 Å². The molecule has 0 saturated heterocycles. The van der Waals surface area contributed by atoms with E-state index in [0.29, 0.717) is 5.02 Å². The van der Waals surface area contributed by atoms with Crippen molar-refractivity contribution in [1.29, 1.82) is 0 Å². The molecule has 3 nitrogen and oxygen atoms in total. The molecule has 0 radical (unpaired) electrons. The van der Waals surface area contributed by atoms with E-state index in [1.165, 1.54) is 0 Å². The molecule has 1 aromatic heterocycles. The molecule has 0 aliphatic carbocycles. The van der Waals surface area contributed by atoms with Crippen LogP contribution in [0.1, 0.15) is 22.9 Å². The summed E-state index contributed by atoms with van der Waals surface area (Å²) in [5, 5.41) is 15.0. The van der Waals surface area contributed by atoms with Gasteiger partial charge in [0.1, 0.15) is 6.10 Å². The normalized spacial score (nSPS) is 12.8. The third kappa shape index (κ3) is 2.10. The van der Waals surface area contributed by atoms with Crippen LogP contribution in [-0.4, -0.2) is 14.9 Å². The van der Waals surface area contributed by atoms with E-state index in [2.05, 4.69) is 5.10 Å². The van der Waals surface area contributed by atoms with Gasteiger partial charge in [0.2, 0.25) is 0 Å². The number of benzene rings is 1. The number of halogens is 1. The fraction of sp³-hybridized carbons (Fsp3) is 0.250. The molecule has 1 unspecified atom stereocenters. The summed E-state index contributed by atoms with van der Waals surface area (Å²) in [6, 6.07) is 7.22. The summed E-state index contributed by atoms with van der Waals surface area (Å²) in [6.07, 6.45) is 1.15. The largest absolute Gasteiger partial charge is 0.384 e. The molecule has 16 heavy (non-hydrogen) atoms. The van der Waals surface area contributed by atoms with E-state index in [0.717, 1.165) is 16.8 Å². The molecule has 2 rings (SSSR count). The standard InChI is InChI=1S/C12H13ClN2O/c1-8-11(7-15(2)14-8)12(16)9-4-3-5-10(13)6-9/h3-7,12,16H,1-2H3. The van der Waals surface area contributed by atoms with Gasteiger partial charge in [0.25, 0.3) is 0 Å². The number of nitrogens with zero attached hydrogens (tertiary/aromatic N) is 2. The summed E-state index contributed by atoms with van der Waals surface area (Å²) < 4.78 is 1.69. The minimum Gasteiger partial charge on any atom is -0.384 e. The zero-order valence-corrected chi connectivity index (χ0v) is 9.94. The first-order valence-corrected chi connectivity index (χ1v) is 5.39.